The minimum absolute atomic E-state index is 0.132. The van der Waals surface area contributed by atoms with Crippen LogP contribution in [0.4, 0.5) is 5.69 Å². The van der Waals surface area contributed by atoms with Gasteiger partial charge in [0.15, 0.2) is 0 Å². The van der Waals surface area contributed by atoms with Crippen LogP contribution >= 0.6 is 23.2 Å². The first-order chi connectivity index (χ1) is 10.9. The second-order valence-electron chi connectivity index (χ2n) is 5.15. The van der Waals surface area contributed by atoms with Crippen LogP contribution in [0.25, 0.3) is 10.9 Å². The van der Waals surface area contributed by atoms with Gasteiger partial charge in [-0.1, -0.05) is 23.2 Å². The van der Waals surface area contributed by atoms with Crippen LogP contribution in [0.5, 0.6) is 0 Å². The zero-order valence-corrected chi connectivity index (χ0v) is 13.3. The lowest BCUT2D eigenvalue weighted by molar-refractivity contribution is -0.134. The average Bonchev–Trinajstić information content (AvgIpc) is 2.73. The maximum Gasteiger partial charge on any atom is 0.313 e. The first kappa shape index (κ1) is 15.6. The molecule has 5 N–H and O–H groups in total. The number of fused-ring (bicyclic) bond motifs is 3. The number of nitrogens with one attached hydrogen (secondary N) is 3. The third-order valence-corrected chi connectivity index (χ3v) is 4.46. The van der Waals surface area contributed by atoms with Crippen molar-refractivity contribution in [1.82, 2.24) is 10.3 Å². The number of H-pyrrole nitrogens is 1. The molecule has 0 bridgehead atoms. The van der Waals surface area contributed by atoms with E-state index in [0.717, 1.165) is 5.69 Å². The standard InChI is InChI=1S/C14H12Cl2N4O3/c15-6-4-8(20-14(23)13(17)22)10-5-3-9(21)18-2-1-7(5)19-12(10)11(6)16/h4,19H,1-3H2,(H2,17,22)(H,18,21)(H,20,23). The Morgan fingerprint density at radius 2 is 2.04 bits per heavy atom. The number of hydrogen-bond acceptors (Lipinski definition) is 3. The fourth-order valence-corrected chi connectivity index (χ4v) is 3.07. The Balaban J connectivity index is 2.25. The van der Waals surface area contributed by atoms with Crippen molar-refractivity contribution in [1.29, 1.82) is 0 Å². The lowest BCUT2D eigenvalue weighted by Crippen LogP contribution is -2.29. The van der Waals surface area contributed by atoms with Crippen LogP contribution in [0.1, 0.15) is 11.3 Å². The van der Waals surface area contributed by atoms with Crippen molar-refractivity contribution in [3.05, 3.63) is 27.4 Å². The molecule has 120 valence electrons. The zero-order chi connectivity index (χ0) is 16.7. The molecule has 0 saturated carbocycles. The van der Waals surface area contributed by atoms with Gasteiger partial charge in [0.05, 0.1) is 27.7 Å². The van der Waals surface area contributed by atoms with Crippen molar-refractivity contribution in [3.63, 3.8) is 0 Å². The molecule has 0 aliphatic carbocycles. The number of aromatic nitrogens is 1. The van der Waals surface area contributed by atoms with Gasteiger partial charge in [0.1, 0.15) is 0 Å². The van der Waals surface area contributed by atoms with Gasteiger partial charge in [0, 0.05) is 24.0 Å². The summed E-state index contributed by atoms with van der Waals surface area (Å²) in [6, 6.07) is 1.43. The number of nitrogens with two attached hydrogens (primary N) is 1. The van der Waals surface area contributed by atoms with E-state index < -0.39 is 11.8 Å². The molecule has 1 aromatic heterocycles. The second kappa shape index (κ2) is 5.75. The Kier molecular flexibility index (Phi) is 3.91. The summed E-state index contributed by atoms with van der Waals surface area (Å²) in [4.78, 5) is 37.6. The van der Waals surface area contributed by atoms with Gasteiger partial charge in [-0.15, -0.1) is 0 Å². The predicted octanol–water partition coefficient (Wildman–Crippen LogP) is 1.11. The number of carbonyl (C=O) groups excluding carboxylic acids is 3. The highest BCUT2D eigenvalue weighted by atomic mass is 35.5. The van der Waals surface area contributed by atoms with E-state index in [1.165, 1.54) is 6.07 Å². The van der Waals surface area contributed by atoms with Gasteiger partial charge in [-0.2, -0.15) is 0 Å². The number of rotatable bonds is 1. The van der Waals surface area contributed by atoms with Crippen LogP contribution in [0.2, 0.25) is 10.0 Å². The first-order valence-corrected chi connectivity index (χ1v) is 7.53. The molecule has 3 amide bonds. The highest BCUT2D eigenvalue weighted by Crippen LogP contribution is 2.39. The van der Waals surface area contributed by atoms with Crippen molar-refractivity contribution in [2.24, 2.45) is 5.73 Å². The topological polar surface area (TPSA) is 117 Å². The number of carbonyl (C=O) groups is 3. The van der Waals surface area contributed by atoms with E-state index in [0.29, 0.717) is 29.4 Å². The van der Waals surface area contributed by atoms with Crippen LogP contribution in [-0.4, -0.2) is 29.3 Å². The molecule has 7 nitrogen and oxygen atoms in total. The summed E-state index contributed by atoms with van der Waals surface area (Å²) in [6.45, 7) is 0.493. The number of anilines is 1. The number of primary amides is 1. The summed E-state index contributed by atoms with van der Waals surface area (Å²) in [5, 5.41) is 6.23. The average molecular weight is 355 g/mol. The number of amides is 3. The van der Waals surface area contributed by atoms with Gasteiger partial charge in [-0.25, -0.2) is 0 Å². The minimum atomic E-state index is -1.12. The zero-order valence-electron chi connectivity index (χ0n) is 11.8. The SMILES string of the molecule is NC(=O)C(=O)Nc1cc(Cl)c(Cl)c2[nH]c3c(c12)CC(=O)NCC3. The molecule has 0 unspecified atom stereocenters. The van der Waals surface area contributed by atoms with Gasteiger partial charge in [0.2, 0.25) is 5.91 Å². The molecule has 1 aliphatic rings. The summed E-state index contributed by atoms with van der Waals surface area (Å²) in [5.74, 6) is -2.23. The van der Waals surface area contributed by atoms with Crippen LogP contribution in [0.15, 0.2) is 6.07 Å². The molecule has 9 heteroatoms. The fourth-order valence-electron chi connectivity index (χ4n) is 2.68. The number of aromatic amines is 1. The van der Waals surface area contributed by atoms with Gasteiger partial charge in [-0.05, 0) is 11.6 Å². The van der Waals surface area contributed by atoms with Gasteiger partial charge >= 0.3 is 11.8 Å². The third kappa shape index (κ3) is 2.73. The molecule has 0 spiro atoms. The van der Waals surface area contributed by atoms with Crippen molar-refractivity contribution in [2.75, 3.05) is 11.9 Å². The van der Waals surface area contributed by atoms with E-state index in [9.17, 15) is 14.4 Å². The minimum Gasteiger partial charge on any atom is -0.361 e. The highest BCUT2D eigenvalue weighted by Gasteiger charge is 2.24. The summed E-state index contributed by atoms with van der Waals surface area (Å²) in [6.07, 6.45) is 0.722. The summed E-state index contributed by atoms with van der Waals surface area (Å²) < 4.78 is 0. The van der Waals surface area contributed by atoms with Crippen LogP contribution in [-0.2, 0) is 27.2 Å². The number of benzene rings is 1. The molecule has 3 rings (SSSR count). The number of halogens is 2. The Morgan fingerprint density at radius 3 is 2.74 bits per heavy atom. The van der Waals surface area contributed by atoms with E-state index in [-0.39, 0.29) is 28.1 Å². The van der Waals surface area contributed by atoms with Gasteiger partial charge in [-0.3, -0.25) is 14.4 Å². The van der Waals surface area contributed by atoms with Gasteiger partial charge in [0.25, 0.3) is 0 Å². The molecule has 0 radical (unpaired) electrons. The van der Waals surface area contributed by atoms with E-state index in [4.69, 9.17) is 28.9 Å². The predicted molar refractivity (Wildman–Crippen MR) is 86.6 cm³/mol. The lowest BCUT2D eigenvalue weighted by atomic mass is 10.0. The lowest BCUT2D eigenvalue weighted by Gasteiger charge is -2.09. The molecule has 23 heavy (non-hydrogen) atoms. The maximum absolute atomic E-state index is 11.8. The van der Waals surface area contributed by atoms with Crippen molar-refractivity contribution < 1.29 is 14.4 Å². The fraction of sp³-hybridized carbons (Fsp3) is 0.214. The molecular weight excluding hydrogens is 343 g/mol. The van der Waals surface area contributed by atoms with E-state index in [1.54, 1.807) is 0 Å². The molecular formula is C14H12Cl2N4O3. The molecule has 2 aromatic rings. The van der Waals surface area contributed by atoms with Crippen molar-refractivity contribution >= 4 is 57.5 Å². The normalized spacial score (nSPS) is 14.1. The van der Waals surface area contributed by atoms with Crippen LogP contribution in [0.3, 0.4) is 0 Å². The molecule has 0 fully saturated rings. The molecule has 1 aliphatic heterocycles. The van der Waals surface area contributed by atoms with E-state index in [1.807, 2.05) is 0 Å². The summed E-state index contributed by atoms with van der Waals surface area (Å²) in [7, 11) is 0. The quantitative estimate of drug-likeness (QED) is 0.574. The second-order valence-corrected chi connectivity index (χ2v) is 5.93. The third-order valence-electron chi connectivity index (χ3n) is 3.67. The molecule has 0 atom stereocenters. The van der Waals surface area contributed by atoms with Crippen LogP contribution in [0, 0.1) is 0 Å². The Bertz CT molecular complexity index is 860. The Labute approximate surface area is 140 Å². The monoisotopic (exact) mass is 354 g/mol. The van der Waals surface area contributed by atoms with E-state index in [2.05, 4.69) is 15.6 Å². The van der Waals surface area contributed by atoms with Crippen LogP contribution < -0.4 is 16.4 Å². The van der Waals surface area contributed by atoms with E-state index >= 15 is 0 Å². The molecule has 2 heterocycles. The first-order valence-electron chi connectivity index (χ1n) is 6.77. The van der Waals surface area contributed by atoms with Crippen molar-refractivity contribution in [2.45, 2.75) is 12.8 Å². The molecule has 1 aromatic carbocycles. The number of hydrogen-bond donors (Lipinski definition) is 4. The Morgan fingerprint density at radius 1 is 1.30 bits per heavy atom. The smallest absolute Gasteiger partial charge is 0.313 e. The molecule has 0 saturated heterocycles. The summed E-state index contributed by atoms with van der Waals surface area (Å²) >= 11 is 12.3. The maximum atomic E-state index is 11.8. The summed E-state index contributed by atoms with van der Waals surface area (Å²) in [5.41, 5.74) is 7.32. The van der Waals surface area contributed by atoms with Crippen molar-refractivity contribution in [3.8, 4) is 0 Å². The Hall–Kier alpha value is -2.25. The van der Waals surface area contributed by atoms with Gasteiger partial charge < -0.3 is 21.4 Å². The highest BCUT2D eigenvalue weighted by molar-refractivity contribution is 6.46. The largest absolute Gasteiger partial charge is 0.361 e.